The third-order valence-corrected chi connectivity index (χ3v) is 3.64. The van der Waals surface area contributed by atoms with Crippen LogP contribution in [0.1, 0.15) is 19.7 Å². The number of aromatic amines is 1. The molecule has 4 heteroatoms. The zero-order valence-electron chi connectivity index (χ0n) is 13.0. The number of para-hydroxylation sites is 4. The Hall–Kier alpha value is -2.62. The zero-order chi connectivity index (χ0) is 15.4. The molecule has 0 bridgehead atoms. The quantitative estimate of drug-likeness (QED) is 0.602. The predicted octanol–water partition coefficient (Wildman–Crippen LogP) is 4.18. The van der Waals surface area contributed by atoms with Crippen LogP contribution >= 0.6 is 0 Å². The molecule has 0 saturated heterocycles. The standard InChI is InChI=1S/2C9H10N2/c1-2-11-7-10-8-5-3-4-6-9(8)11;1-2-9-10-7-5-3-4-6-8(7)11-9/h3-7H,2H2,1H3;3-6H,2H2,1H3,(H,10,11). The van der Waals surface area contributed by atoms with Crippen LogP contribution in [0, 0.1) is 0 Å². The molecule has 1 N–H and O–H groups in total. The molecule has 0 radical (unpaired) electrons. The van der Waals surface area contributed by atoms with Crippen molar-refractivity contribution >= 4 is 22.1 Å². The third-order valence-electron chi connectivity index (χ3n) is 3.64. The number of fused-ring (bicyclic) bond motifs is 2. The van der Waals surface area contributed by atoms with Crippen molar-refractivity contribution in [2.45, 2.75) is 26.8 Å². The molecule has 0 aliphatic rings. The van der Waals surface area contributed by atoms with Crippen LogP contribution in [-0.2, 0) is 13.0 Å². The first-order valence-electron chi connectivity index (χ1n) is 7.65. The smallest absolute Gasteiger partial charge is 0.106 e. The van der Waals surface area contributed by atoms with Crippen LogP contribution in [0.15, 0.2) is 54.9 Å². The van der Waals surface area contributed by atoms with Crippen molar-refractivity contribution < 1.29 is 0 Å². The van der Waals surface area contributed by atoms with Gasteiger partial charge in [-0.3, -0.25) is 0 Å². The van der Waals surface area contributed by atoms with Gasteiger partial charge in [-0.25, -0.2) is 9.97 Å². The van der Waals surface area contributed by atoms with Gasteiger partial charge in [-0.05, 0) is 31.2 Å². The first kappa shape index (κ1) is 14.3. The van der Waals surface area contributed by atoms with Gasteiger partial charge in [0.05, 0.1) is 28.4 Å². The maximum absolute atomic E-state index is 4.38. The summed E-state index contributed by atoms with van der Waals surface area (Å²) in [6, 6.07) is 16.2. The molecule has 4 rings (SSSR count). The minimum absolute atomic E-state index is 0.967. The second-order valence-electron chi connectivity index (χ2n) is 5.07. The summed E-state index contributed by atoms with van der Waals surface area (Å²) in [4.78, 5) is 11.9. The van der Waals surface area contributed by atoms with Gasteiger partial charge in [-0.15, -0.1) is 0 Å². The van der Waals surface area contributed by atoms with E-state index in [4.69, 9.17) is 0 Å². The van der Waals surface area contributed by atoms with Gasteiger partial charge in [0.2, 0.25) is 0 Å². The first-order chi connectivity index (χ1) is 10.8. The summed E-state index contributed by atoms with van der Waals surface area (Å²) in [5, 5.41) is 0. The fourth-order valence-electron chi connectivity index (χ4n) is 2.44. The van der Waals surface area contributed by atoms with Crippen molar-refractivity contribution in [3.63, 3.8) is 0 Å². The number of hydrogen-bond acceptors (Lipinski definition) is 2. The molecule has 0 spiro atoms. The predicted molar refractivity (Wildman–Crippen MR) is 90.9 cm³/mol. The van der Waals surface area contributed by atoms with Crippen LogP contribution in [0.2, 0.25) is 0 Å². The summed E-state index contributed by atoms with van der Waals surface area (Å²) in [7, 11) is 0. The van der Waals surface area contributed by atoms with E-state index >= 15 is 0 Å². The molecule has 0 unspecified atom stereocenters. The second kappa shape index (κ2) is 6.43. The van der Waals surface area contributed by atoms with Gasteiger partial charge in [0.15, 0.2) is 0 Å². The van der Waals surface area contributed by atoms with Crippen molar-refractivity contribution in [2.24, 2.45) is 0 Å². The number of nitrogens with one attached hydrogen (secondary N) is 1. The van der Waals surface area contributed by atoms with E-state index in [0.29, 0.717) is 0 Å². The average molecular weight is 292 g/mol. The first-order valence-corrected chi connectivity index (χ1v) is 7.65. The largest absolute Gasteiger partial charge is 0.342 e. The van der Waals surface area contributed by atoms with Crippen LogP contribution in [-0.4, -0.2) is 19.5 Å². The van der Waals surface area contributed by atoms with E-state index < -0.39 is 0 Å². The Morgan fingerprint density at radius 2 is 1.68 bits per heavy atom. The molecule has 0 saturated carbocycles. The van der Waals surface area contributed by atoms with E-state index in [1.54, 1.807) is 0 Å². The number of nitrogens with zero attached hydrogens (tertiary/aromatic N) is 3. The van der Waals surface area contributed by atoms with Crippen molar-refractivity contribution in [1.82, 2.24) is 19.5 Å². The summed E-state index contributed by atoms with van der Waals surface area (Å²) in [5.74, 6) is 1.06. The van der Waals surface area contributed by atoms with E-state index in [0.717, 1.165) is 35.3 Å². The topological polar surface area (TPSA) is 46.5 Å². The van der Waals surface area contributed by atoms with Gasteiger partial charge < -0.3 is 9.55 Å². The number of imidazole rings is 2. The summed E-state index contributed by atoms with van der Waals surface area (Å²) < 4.78 is 2.13. The number of H-pyrrole nitrogens is 1. The summed E-state index contributed by atoms with van der Waals surface area (Å²) >= 11 is 0. The average Bonchev–Trinajstić information content (AvgIpc) is 3.18. The van der Waals surface area contributed by atoms with Crippen LogP contribution in [0.3, 0.4) is 0 Å². The molecule has 0 aliphatic heterocycles. The van der Waals surface area contributed by atoms with Gasteiger partial charge in [0.1, 0.15) is 5.82 Å². The Balaban J connectivity index is 0.000000131. The lowest BCUT2D eigenvalue weighted by Gasteiger charge is -1.95. The van der Waals surface area contributed by atoms with E-state index in [1.807, 2.05) is 48.8 Å². The minimum atomic E-state index is 0.967. The highest BCUT2D eigenvalue weighted by atomic mass is 15.0. The Morgan fingerprint density at radius 3 is 2.41 bits per heavy atom. The third kappa shape index (κ3) is 2.86. The molecule has 0 fully saturated rings. The number of hydrogen-bond donors (Lipinski definition) is 1. The molecular formula is C18H20N4. The van der Waals surface area contributed by atoms with Gasteiger partial charge in [-0.1, -0.05) is 31.2 Å². The summed E-state index contributed by atoms with van der Waals surface area (Å²) in [6.07, 6.45) is 2.85. The van der Waals surface area contributed by atoms with E-state index in [1.165, 1.54) is 5.52 Å². The number of benzene rings is 2. The molecular weight excluding hydrogens is 272 g/mol. The lowest BCUT2D eigenvalue weighted by Crippen LogP contribution is -1.89. The van der Waals surface area contributed by atoms with E-state index in [-0.39, 0.29) is 0 Å². The summed E-state index contributed by atoms with van der Waals surface area (Å²) in [5.41, 5.74) is 4.48. The Labute approximate surface area is 129 Å². The van der Waals surface area contributed by atoms with Crippen molar-refractivity contribution in [1.29, 1.82) is 0 Å². The monoisotopic (exact) mass is 292 g/mol. The zero-order valence-corrected chi connectivity index (χ0v) is 13.0. The lowest BCUT2D eigenvalue weighted by atomic mass is 10.3. The molecule has 0 aliphatic carbocycles. The molecule has 2 heterocycles. The van der Waals surface area contributed by atoms with Gasteiger partial charge >= 0.3 is 0 Å². The van der Waals surface area contributed by atoms with E-state index in [2.05, 4.69) is 39.4 Å². The Kier molecular flexibility index (Phi) is 4.19. The second-order valence-corrected chi connectivity index (χ2v) is 5.07. The van der Waals surface area contributed by atoms with Crippen LogP contribution in [0.4, 0.5) is 0 Å². The SMILES string of the molecule is CCc1nc2ccccc2[nH]1.CCn1cnc2ccccc21. The van der Waals surface area contributed by atoms with Gasteiger partial charge in [-0.2, -0.15) is 0 Å². The number of aryl methyl sites for hydroxylation is 2. The number of aromatic nitrogens is 4. The van der Waals surface area contributed by atoms with Gasteiger partial charge in [0, 0.05) is 13.0 Å². The number of rotatable bonds is 2. The molecule has 4 nitrogen and oxygen atoms in total. The van der Waals surface area contributed by atoms with Crippen molar-refractivity contribution in [2.75, 3.05) is 0 Å². The van der Waals surface area contributed by atoms with E-state index in [9.17, 15) is 0 Å². The highest BCUT2D eigenvalue weighted by molar-refractivity contribution is 5.75. The maximum Gasteiger partial charge on any atom is 0.106 e. The fraction of sp³-hybridized carbons (Fsp3) is 0.222. The molecule has 22 heavy (non-hydrogen) atoms. The molecule has 0 amide bonds. The lowest BCUT2D eigenvalue weighted by molar-refractivity contribution is 0.787. The highest BCUT2D eigenvalue weighted by Gasteiger charge is 1.97. The normalized spacial score (nSPS) is 10.6. The van der Waals surface area contributed by atoms with Crippen LogP contribution in [0.25, 0.3) is 22.1 Å². The maximum atomic E-state index is 4.38. The summed E-state index contributed by atoms with van der Waals surface area (Å²) in [6.45, 7) is 5.20. The molecule has 2 aromatic heterocycles. The van der Waals surface area contributed by atoms with Crippen molar-refractivity contribution in [3.8, 4) is 0 Å². The van der Waals surface area contributed by atoms with Gasteiger partial charge in [0.25, 0.3) is 0 Å². The Morgan fingerprint density at radius 1 is 0.955 bits per heavy atom. The Bertz CT molecular complexity index is 831. The molecule has 4 aromatic rings. The highest BCUT2D eigenvalue weighted by Crippen LogP contribution is 2.11. The molecule has 112 valence electrons. The minimum Gasteiger partial charge on any atom is -0.342 e. The fourth-order valence-corrected chi connectivity index (χ4v) is 2.44. The molecule has 0 atom stereocenters. The molecule has 2 aromatic carbocycles. The van der Waals surface area contributed by atoms with Crippen LogP contribution in [0.5, 0.6) is 0 Å². The van der Waals surface area contributed by atoms with Crippen molar-refractivity contribution in [3.05, 3.63) is 60.7 Å². The van der Waals surface area contributed by atoms with Crippen LogP contribution < -0.4 is 0 Å².